The van der Waals surface area contributed by atoms with Gasteiger partial charge in [-0.25, -0.2) is 0 Å². The average molecular weight is 544 g/mol. The highest BCUT2D eigenvalue weighted by molar-refractivity contribution is 7.09. The first kappa shape index (κ1) is 26.5. The third-order valence-electron chi connectivity index (χ3n) is 5.43. The van der Waals surface area contributed by atoms with Gasteiger partial charge in [-0.1, -0.05) is 0 Å². The van der Waals surface area contributed by atoms with Crippen LogP contribution >= 0.6 is 11.5 Å². The molecular weight excluding hydrogens is 518 g/mol. The van der Waals surface area contributed by atoms with Crippen molar-refractivity contribution >= 4 is 46.6 Å². The van der Waals surface area contributed by atoms with E-state index in [0.717, 1.165) is 4.90 Å². The molecule has 5 N–H and O–H groups in total. The van der Waals surface area contributed by atoms with E-state index in [9.17, 15) is 19.2 Å². The van der Waals surface area contributed by atoms with Gasteiger partial charge in [-0.3, -0.25) is 24.1 Å². The molecule has 3 aromatic rings. The Morgan fingerprint density at radius 3 is 2.53 bits per heavy atom. The number of aromatic nitrogens is 1. The van der Waals surface area contributed by atoms with Crippen LogP contribution in [0.25, 0.3) is 0 Å². The first-order valence-electron chi connectivity index (χ1n) is 11.5. The molecule has 0 saturated carbocycles. The van der Waals surface area contributed by atoms with E-state index in [-0.39, 0.29) is 40.9 Å². The van der Waals surface area contributed by atoms with Crippen LogP contribution in [0.15, 0.2) is 34.7 Å². The van der Waals surface area contributed by atoms with Gasteiger partial charge in [-0.15, -0.1) is 0 Å². The first-order chi connectivity index (χ1) is 18.2. The normalized spacial score (nSPS) is 12.9. The number of nitrogens with two attached hydrogens (primary N) is 2. The number of fused-ring (bicyclic) bond motifs is 1. The lowest BCUT2D eigenvalue weighted by molar-refractivity contribution is -0.143. The zero-order chi connectivity index (χ0) is 27.4. The molecule has 4 rings (SSSR count). The fraction of sp³-hybridized carbons (Fsp3) is 0.292. The van der Waals surface area contributed by atoms with Crippen molar-refractivity contribution in [1.82, 2.24) is 9.69 Å². The number of carbonyl (C=O) groups is 4. The van der Waals surface area contributed by atoms with Gasteiger partial charge in [0.2, 0.25) is 0 Å². The molecule has 0 fully saturated rings. The maximum atomic E-state index is 14.0. The van der Waals surface area contributed by atoms with Crippen molar-refractivity contribution in [3.63, 3.8) is 0 Å². The number of furan rings is 1. The van der Waals surface area contributed by atoms with Gasteiger partial charge >= 0.3 is 5.97 Å². The van der Waals surface area contributed by atoms with Crippen molar-refractivity contribution in [2.24, 2.45) is 5.73 Å². The molecular formula is C24H25N5O8S. The van der Waals surface area contributed by atoms with E-state index in [0.29, 0.717) is 35.4 Å². The Morgan fingerprint density at radius 1 is 1.16 bits per heavy atom. The van der Waals surface area contributed by atoms with Gasteiger partial charge in [0.05, 0.1) is 12.3 Å². The third kappa shape index (κ3) is 5.39. The minimum atomic E-state index is -1.41. The number of primary amides is 1. The summed E-state index contributed by atoms with van der Waals surface area (Å²) in [6.45, 7) is 3.64. The molecule has 1 aliphatic heterocycles. The summed E-state index contributed by atoms with van der Waals surface area (Å²) in [6.07, 6.45) is 0. The van der Waals surface area contributed by atoms with Gasteiger partial charge in [0.15, 0.2) is 23.2 Å². The van der Waals surface area contributed by atoms with E-state index in [2.05, 4.69) is 9.69 Å². The van der Waals surface area contributed by atoms with Crippen LogP contribution in [0.4, 0.5) is 11.4 Å². The fourth-order valence-electron chi connectivity index (χ4n) is 3.75. The highest BCUT2D eigenvalue weighted by atomic mass is 32.1. The van der Waals surface area contributed by atoms with Crippen LogP contribution in [0.5, 0.6) is 11.5 Å². The number of carbonyl (C=O) groups excluding carboxylic acids is 4. The molecule has 0 aliphatic carbocycles. The van der Waals surface area contributed by atoms with E-state index in [1.165, 1.54) is 12.1 Å². The number of amides is 3. The molecule has 0 radical (unpaired) electrons. The summed E-state index contributed by atoms with van der Waals surface area (Å²) in [5.74, 6) is -1.69. The van der Waals surface area contributed by atoms with Gasteiger partial charge in [-0.2, -0.15) is 4.37 Å². The molecule has 38 heavy (non-hydrogen) atoms. The van der Waals surface area contributed by atoms with E-state index >= 15 is 0 Å². The Kier molecular flexibility index (Phi) is 7.81. The summed E-state index contributed by atoms with van der Waals surface area (Å²) in [7, 11) is 0. The number of nitrogen functional groups attached to an aromatic ring is 1. The summed E-state index contributed by atoms with van der Waals surface area (Å²) >= 11 is 0.659. The van der Waals surface area contributed by atoms with Crippen LogP contribution in [-0.2, 0) is 14.3 Å². The summed E-state index contributed by atoms with van der Waals surface area (Å²) in [5.41, 5.74) is 11.1. The van der Waals surface area contributed by atoms with Crippen LogP contribution in [0, 0.1) is 6.92 Å². The minimum Gasteiger partial charge on any atom is -0.486 e. The van der Waals surface area contributed by atoms with Gasteiger partial charge in [0.25, 0.3) is 17.7 Å². The lowest BCUT2D eigenvalue weighted by Gasteiger charge is -2.30. The van der Waals surface area contributed by atoms with Gasteiger partial charge in [0, 0.05) is 11.8 Å². The van der Waals surface area contributed by atoms with Gasteiger partial charge in [-0.05, 0) is 49.6 Å². The lowest BCUT2D eigenvalue weighted by atomic mass is 10.1. The number of aryl methyl sites for hydroxylation is 1. The standard InChI is InChI=1S/C24H25N5O8S/c1-3-34-17(30)11-27-23(32)20(15-6-4-12(2)37-15)29(13-5-7-14-16(10-13)36-9-8-35-14)24(33)21-18(25)19(22(26)31)28-38-21/h4-7,10,20H,3,8-9,11,25H2,1-2H3,(H2,26,31)(H,27,32). The molecule has 14 heteroatoms. The highest BCUT2D eigenvalue weighted by Gasteiger charge is 2.38. The summed E-state index contributed by atoms with van der Waals surface area (Å²) in [6, 6.07) is 6.42. The van der Waals surface area contributed by atoms with Crippen molar-refractivity contribution in [2.75, 3.05) is 37.0 Å². The second kappa shape index (κ2) is 11.2. The zero-order valence-electron chi connectivity index (χ0n) is 20.5. The SMILES string of the molecule is CCOC(=O)CNC(=O)C(c1ccc(C)o1)N(C(=O)c1snc(C(N)=O)c1N)c1ccc2c(c1)OCCO2. The predicted octanol–water partition coefficient (Wildman–Crippen LogP) is 1.56. The number of hydrogen-bond acceptors (Lipinski definition) is 11. The van der Waals surface area contributed by atoms with Crippen LogP contribution in [0.1, 0.15) is 44.6 Å². The molecule has 1 aliphatic rings. The van der Waals surface area contributed by atoms with E-state index < -0.39 is 36.3 Å². The average Bonchev–Trinajstić information content (AvgIpc) is 3.50. The number of rotatable bonds is 9. The molecule has 0 saturated heterocycles. The number of anilines is 2. The largest absolute Gasteiger partial charge is 0.486 e. The van der Waals surface area contributed by atoms with Crippen molar-refractivity contribution in [3.05, 3.63) is 52.4 Å². The Balaban J connectivity index is 1.83. The summed E-state index contributed by atoms with van der Waals surface area (Å²) < 4.78 is 25.8. The van der Waals surface area contributed by atoms with Gasteiger partial charge < -0.3 is 35.4 Å². The number of benzene rings is 1. The highest BCUT2D eigenvalue weighted by Crippen LogP contribution is 2.39. The Hall–Kier alpha value is -4.59. The molecule has 1 atom stereocenters. The molecule has 1 aromatic carbocycles. The number of esters is 1. The van der Waals surface area contributed by atoms with Crippen LogP contribution < -0.4 is 31.2 Å². The summed E-state index contributed by atoms with van der Waals surface area (Å²) in [4.78, 5) is 52.2. The molecule has 200 valence electrons. The van der Waals surface area contributed by atoms with Crippen LogP contribution in [-0.4, -0.2) is 54.4 Å². The van der Waals surface area contributed by atoms with E-state index in [1.54, 1.807) is 32.0 Å². The number of ether oxygens (including phenoxy) is 3. The van der Waals surface area contributed by atoms with Crippen LogP contribution in [0.2, 0.25) is 0 Å². The molecule has 0 spiro atoms. The monoisotopic (exact) mass is 543 g/mol. The van der Waals surface area contributed by atoms with Crippen LogP contribution in [0.3, 0.4) is 0 Å². The number of hydrogen-bond donors (Lipinski definition) is 3. The maximum Gasteiger partial charge on any atom is 0.325 e. The molecule has 1 unspecified atom stereocenters. The molecule has 2 aromatic heterocycles. The topological polar surface area (TPSA) is 189 Å². The summed E-state index contributed by atoms with van der Waals surface area (Å²) in [5, 5.41) is 2.49. The second-order valence-electron chi connectivity index (χ2n) is 8.02. The quantitative estimate of drug-likeness (QED) is 0.334. The first-order valence-corrected chi connectivity index (χ1v) is 12.3. The number of nitrogens with one attached hydrogen (secondary N) is 1. The van der Waals surface area contributed by atoms with E-state index in [4.69, 9.17) is 30.1 Å². The Bertz CT molecular complexity index is 1380. The second-order valence-corrected chi connectivity index (χ2v) is 8.79. The Labute approximate surface area is 220 Å². The van der Waals surface area contributed by atoms with Gasteiger partial charge in [0.1, 0.15) is 36.2 Å². The third-order valence-corrected chi connectivity index (χ3v) is 6.28. The number of nitrogens with zero attached hydrogens (tertiary/aromatic N) is 2. The smallest absolute Gasteiger partial charge is 0.325 e. The van der Waals surface area contributed by atoms with Crippen molar-refractivity contribution in [1.29, 1.82) is 0 Å². The molecule has 3 heterocycles. The van der Waals surface area contributed by atoms with Crippen molar-refractivity contribution < 1.29 is 37.8 Å². The lowest BCUT2D eigenvalue weighted by Crippen LogP contribution is -2.45. The fourth-order valence-corrected chi connectivity index (χ4v) is 4.49. The van der Waals surface area contributed by atoms with Crippen molar-refractivity contribution in [2.45, 2.75) is 19.9 Å². The maximum absolute atomic E-state index is 14.0. The predicted molar refractivity (Wildman–Crippen MR) is 135 cm³/mol. The molecule has 13 nitrogen and oxygen atoms in total. The van der Waals surface area contributed by atoms with Crippen molar-refractivity contribution in [3.8, 4) is 11.5 Å². The Morgan fingerprint density at radius 2 is 1.89 bits per heavy atom. The zero-order valence-corrected chi connectivity index (χ0v) is 21.3. The molecule has 3 amide bonds. The minimum absolute atomic E-state index is 0.102. The van der Waals surface area contributed by atoms with E-state index in [1.807, 2.05) is 0 Å². The molecule has 0 bridgehead atoms.